The Morgan fingerprint density at radius 3 is 2.59 bits per heavy atom. The molecular weight excluding hydrogens is 276 g/mol. The van der Waals surface area contributed by atoms with Gasteiger partial charge in [0.15, 0.2) is 11.6 Å². The van der Waals surface area contributed by atoms with Gasteiger partial charge in [-0.1, -0.05) is 30.3 Å². The van der Waals surface area contributed by atoms with Gasteiger partial charge in [0.25, 0.3) is 0 Å². The molecule has 0 aliphatic rings. The lowest BCUT2D eigenvalue weighted by atomic mass is 10.2. The molecule has 6 heteroatoms. The maximum atomic E-state index is 6.21. The van der Waals surface area contributed by atoms with Crippen molar-refractivity contribution in [3.05, 3.63) is 59.7 Å². The molecule has 0 atom stereocenters. The second-order valence-electron chi connectivity index (χ2n) is 5.14. The summed E-state index contributed by atoms with van der Waals surface area (Å²) in [5.41, 5.74) is 9.77. The standard InChI is InChI=1S/C16H18N6/c1-11-8-12(2)22(21-11)16-14(17)15(19-10-20-16)18-9-13-6-4-3-5-7-13/h3-8,10H,9,17H2,1-2H3,(H,18,19,20). The highest BCUT2D eigenvalue weighted by Gasteiger charge is 2.12. The van der Waals surface area contributed by atoms with Crippen LogP contribution in [0.4, 0.5) is 11.5 Å². The third-order valence-electron chi connectivity index (χ3n) is 3.38. The molecule has 3 N–H and O–H groups in total. The molecule has 0 radical (unpaired) electrons. The molecule has 0 saturated carbocycles. The van der Waals surface area contributed by atoms with Gasteiger partial charge >= 0.3 is 0 Å². The zero-order valence-corrected chi connectivity index (χ0v) is 12.6. The molecular formula is C16H18N6. The van der Waals surface area contributed by atoms with Crippen LogP contribution in [-0.4, -0.2) is 19.7 Å². The second kappa shape index (κ2) is 5.85. The molecule has 1 aromatic carbocycles. The number of rotatable bonds is 4. The minimum Gasteiger partial charge on any atom is -0.393 e. The summed E-state index contributed by atoms with van der Waals surface area (Å²) in [5, 5.41) is 7.67. The molecule has 0 bridgehead atoms. The predicted octanol–water partition coefficient (Wildman–Crippen LogP) is 2.47. The van der Waals surface area contributed by atoms with Crippen LogP contribution in [0.15, 0.2) is 42.7 Å². The highest BCUT2D eigenvalue weighted by atomic mass is 15.3. The number of benzene rings is 1. The van der Waals surface area contributed by atoms with E-state index in [0.29, 0.717) is 23.9 Å². The van der Waals surface area contributed by atoms with Crippen LogP contribution in [0.3, 0.4) is 0 Å². The van der Waals surface area contributed by atoms with Gasteiger partial charge in [0.2, 0.25) is 0 Å². The Hall–Kier alpha value is -2.89. The van der Waals surface area contributed by atoms with E-state index >= 15 is 0 Å². The summed E-state index contributed by atoms with van der Waals surface area (Å²) in [6.07, 6.45) is 1.50. The third-order valence-corrected chi connectivity index (χ3v) is 3.38. The van der Waals surface area contributed by atoms with Crippen LogP contribution < -0.4 is 11.1 Å². The fraction of sp³-hybridized carbons (Fsp3) is 0.188. The Bertz CT molecular complexity index is 779. The van der Waals surface area contributed by atoms with Crippen molar-refractivity contribution in [3.8, 4) is 5.82 Å². The molecule has 2 aromatic heterocycles. The number of nitrogens with zero attached hydrogens (tertiary/aromatic N) is 4. The SMILES string of the molecule is Cc1cc(C)n(-c2ncnc(NCc3ccccc3)c2N)n1. The molecule has 0 spiro atoms. The summed E-state index contributed by atoms with van der Waals surface area (Å²) < 4.78 is 1.74. The van der Waals surface area contributed by atoms with Gasteiger partial charge < -0.3 is 11.1 Å². The van der Waals surface area contributed by atoms with Crippen LogP contribution in [0.5, 0.6) is 0 Å². The Balaban J connectivity index is 1.88. The van der Waals surface area contributed by atoms with Crippen LogP contribution in [0.2, 0.25) is 0 Å². The van der Waals surface area contributed by atoms with E-state index in [1.165, 1.54) is 6.33 Å². The van der Waals surface area contributed by atoms with Crippen LogP contribution >= 0.6 is 0 Å². The maximum absolute atomic E-state index is 6.21. The van der Waals surface area contributed by atoms with Crippen LogP contribution in [0.1, 0.15) is 17.0 Å². The summed E-state index contributed by atoms with van der Waals surface area (Å²) in [5.74, 6) is 1.21. The van der Waals surface area contributed by atoms with E-state index in [9.17, 15) is 0 Å². The van der Waals surface area contributed by atoms with Gasteiger partial charge in [0, 0.05) is 12.2 Å². The summed E-state index contributed by atoms with van der Waals surface area (Å²) in [4.78, 5) is 8.49. The largest absolute Gasteiger partial charge is 0.393 e. The molecule has 0 amide bonds. The molecule has 6 nitrogen and oxygen atoms in total. The average Bonchev–Trinajstić information content (AvgIpc) is 2.86. The van der Waals surface area contributed by atoms with Crippen LogP contribution in [0.25, 0.3) is 5.82 Å². The number of hydrogen-bond acceptors (Lipinski definition) is 5. The molecule has 0 saturated heterocycles. The molecule has 2 heterocycles. The van der Waals surface area contributed by atoms with Gasteiger partial charge in [0.05, 0.1) is 5.69 Å². The number of anilines is 2. The minimum absolute atomic E-state index is 0.490. The Morgan fingerprint density at radius 2 is 1.91 bits per heavy atom. The van der Waals surface area contributed by atoms with Crippen molar-refractivity contribution in [1.82, 2.24) is 19.7 Å². The van der Waals surface area contributed by atoms with Crippen molar-refractivity contribution in [2.45, 2.75) is 20.4 Å². The van der Waals surface area contributed by atoms with Gasteiger partial charge in [-0.3, -0.25) is 0 Å². The Kier molecular flexibility index (Phi) is 3.74. The zero-order valence-electron chi connectivity index (χ0n) is 12.6. The molecule has 112 valence electrons. The topological polar surface area (TPSA) is 81.7 Å². The smallest absolute Gasteiger partial charge is 0.182 e. The van der Waals surface area contributed by atoms with Gasteiger partial charge in [-0.15, -0.1) is 0 Å². The predicted molar refractivity (Wildman–Crippen MR) is 86.8 cm³/mol. The summed E-state index contributed by atoms with van der Waals surface area (Å²) in [6.45, 7) is 4.56. The lowest BCUT2D eigenvalue weighted by molar-refractivity contribution is 0.803. The summed E-state index contributed by atoms with van der Waals surface area (Å²) in [7, 11) is 0. The number of nitrogen functional groups attached to an aromatic ring is 1. The molecule has 0 unspecified atom stereocenters. The normalized spacial score (nSPS) is 10.6. The first-order valence-corrected chi connectivity index (χ1v) is 7.07. The number of nitrogens with two attached hydrogens (primary N) is 1. The van der Waals surface area contributed by atoms with Crippen LogP contribution in [-0.2, 0) is 6.54 Å². The molecule has 0 aliphatic heterocycles. The highest BCUT2D eigenvalue weighted by Crippen LogP contribution is 2.23. The fourth-order valence-electron chi connectivity index (χ4n) is 2.32. The second-order valence-corrected chi connectivity index (χ2v) is 5.14. The van der Waals surface area contributed by atoms with Crippen molar-refractivity contribution in [1.29, 1.82) is 0 Å². The van der Waals surface area contributed by atoms with Gasteiger partial charge in [0.1, 0.15) is 12.0 Å². The number of hydrogen-bond donors (Lipinski definition) is 2. The summed E-state index contributed by atoms with van der Waals surface area (Å²) in [6, 6.07) is 12.1. The van der Waals surface area contributed by atoms with E-state index in [1.54, 1.807) is 4.68 Å². The maximum Gasteiger partial charge on any atom is 0.182 e. The third kappa shape index (κ3) is 2.76. The lowest BCUT2D eigenvalue weighted by Gasteiger charge is -2.12. The van der Waals surface area contributed by atoms with Gasteiger partial charge in [-0.25, -0.2) is 14.6 Å². The van der Waals surface area contributed by atoms with E-state index in [0.717, 1.165) is 17.0 Å². The van der Waals surface area contributed by atoms with E-state index in [2.05, 4.69) is 20.4 Å². The van der Waals surface area contributed by atoms with E-state index in [-0.39, 0.29) is 0 Å². The van der Waals surface area contributed by atoms with E-state index in [4.69, 9.17) is 5.73 Å². The average molecular weight is 294 g/mol. The minimum atomic E-state index is 0.490. The Morgan fingerprint density at radius 1 is 1.14 bits per heavy atom. The van der Waals surface area contributed by atoms with Crippen molar-refractivity contribution < 1.29 is 0 Å². The molecule has 3 rings (SSSR count). The number of aromatic nitrogens is 4. The van der Waals surface area contributed by atoms with Crippen molar-refractivity contribution in [2.24, 2.45) is 0 Å². The number of aryl methyl sites for hydroxylation is 2. The quantitative estimate of drug-likeness (QED) is 0.772. The monoisotopic (exact) mass is 294 g/mol. The van der Waals surface area contributed by atoms with Gasteiger partial charge in [-0.05, 0) is 25.5 Å². The van der Waals surface area contributed by atoms with Crippen molar-refractivity contribution >= 4 is 11.5 Å². The van der Waals surface area contributed by atoms with E-state index < -0.39 is 0 Å². The molecule has 0 fully saturated rings. The highest BCUT2D eigenvalue weighted by molar-refractivity contribution is 5.69. The molecule has 22 heavy (non-hydrogen) atoms. The molecule has 0 aliphatic carbocycles. The fourth-order valence-corrected chi connectivity index (χ4v) is 2.32. The first-order chi connectivity index (χ1) is 10.6. The Labute approximate surface area is 129 Å². The zero-order chi connectivity index (χ0) is 15.5. The number of nitrogens with one attached hydrogen (secondary N) is 1. The van der Waals surface area contributed by atoms with Crippen LogP contribution in [0, 0.1) is 13.8 Å². The van der Waals surface area contributed by atoms with Crippen molar-refractivity contribution in [2.75, 3.05) is 11.1 Å². The first-order valence-electron chi connectivity index (χ1n) is 7.07. The summed E-state index contributed by atoms with van der Waals surface area (Å²) >= 11 is 0. The van der Waals surface area contributed by atoms with Gasteiger partial charge in [-0.2, -0.15) is 5.10 Å². The van der Waals surface area contributed by atoms with Crippen molar-refractivity contribution in [3.63, 3.8) is 0 Å². The lowest BCUT2D eigenvalue weighted by Crippen LogP contribution is -2.11. The first kappa shape index (κ1) is 14.1. The van der Waals surface area contributed by atoms with E-state index in [1.807, 2.05) is 50.2 Å². The molecule has 3 aromatic rings.